The molecule has 0 atom stereocenters. The fourth-order valence-corrected chi connectivity index (χ4v) is 8.24. The van der Waals surface area contributed by atoms with Gasteiger partial charge in [0.25, 0.3) is 5.91 Å². The Morgan fingerprint density at radius 1 is 1.18 bits per heavy atom. The van der Waals surface area contributed by atoms with Gasteiger partial charge in [0, 0.05) is 24.0 Å². The van der Waals surface area contributed by atoms with E-state index in [0.717, 1.165) is 46.3 Å². The molecule has 0 bridgehead atoms. The number of halogens is 2. The van der Waals surface area contributed by atoms with Crippen molar-refractivity contribution in [1.29, 1.82) is 0 Å². The molecular weight excluding hydrogens is 778 g/mol. The van der Waals surface area contributed by atoms with Gasteiger partial charge in [-0.05, 0) is 62.3 Å². The van der Waals surface area contributed by atoms with E-state index in [9.17, 15) is 36.6 Å². The van der Waals surface area contributed by atoms with Gasteiger partial charge in [-0.1, -0.05) is 23.7 Å². The lowest BCUT2D eigenvalue weighted by atomic mass is 10.1. The Morgan fingerprint density at radius 3 is 2.43 bits per heavy atom. The predicted octanol–water partition coefficient (Wildman–Crippen LogP) is 2.80. The highest BCUT2D eigenvalue weighted by atomic mass is 35.5. The number of nitrogens with zero attached hydrogens (tertiary/aromatic N) is 4. The van der Waals surface area contributed by atoms with E-state index >= 15 is 0 Å². The Morgan fingerprint density at radius 2 is 1.82 bits per heavy atom. The number of aromatic nitrogens is 2. The van der Waals surface area contributed by atoms with Gasteiger partial charge in [0.2, 0.25) is 4.80 Å². The van der Waals surface area contributed by atoms with Crippen molar-refractivity contribution in [3.63, 3.8) is 0 Å². The summed E-state index contributed by atoms with van der Waals surface area (Å²) in [5, 5.41) is 10.3. The number of benzene rings is 2. The van der Waals surface area contributed by atoms with Gasteiger partial charge >= 0.3 is 34.6 Å². The first kappa shape index (κ1) is 41.9. The molecule has 5 rings (SSSR count). The molecule has 17 nitrogen and oxygen atoms in total. The molecule has 23 heteroatoms. The number of rotatable bonds is 9. The predicted molar refractivity (Wildman–Crippen MR) is 188 cm³/mol. The zero-order chi connectivity index (χ0) is 38.1. The highest BCUT2D eigenvalue weighted by Crippen LogP contribution is 2.33. The minimum atomic E-state index is -4.10. The van der Waals surface area contributed by atoms with Crippen molar-refractivity contribution in [3.05, 3.63) is 67.3 Å². The Balaban J connectivity index is 0.000000231. The van der Waals surface area contributed by atoms with Gasteiger partial charge in [-0.15, -0.1) is 11.8 Å². The summed E-state index contributed by atoms with van der Waals surface area (Å²) in [5.74, 6) is -2.55. The number of aliphatic carboxylic acids is 1. The van der Waals surface area contributed by atoms with Crippen molar-refractivity contribution in [3.8, 4) is 0 Å². The summed E-state index contributed by atoms with van der Waals surface area (Å²) in [6, 6.07) is 8.80. The summed E-state index contributed by atoms with van der Waals surface area (Å²) >= 11 is 8.17. The Kier molecular flexibility index (Phi) is 15.0. The van der Waals surface area contributed by atoms with Crippen molar-refractivity contribution >= 4 is 81.7 Å². The summed E-state index contributed by atoms with van der Waals surface area (Å²) in [5.41, 5.74) is 0.801. The van der Waals surface area contributed by atoms with Crippen LogP contribution in [0.1, 0.15) is 37.0 Å². The van der Waals surface area contributed by atoms with E-state index in [4.69, 9.17) is 26.5 Å². The maximum absolute atomic E-state index is 14.3. The number of para-hydroxylation sites is 1. The smallest absolute Gasteiger partial charge is 0.339 e. The number of anilines is 1. The first-order valence-electron chi connectivity index (χ1n) is 14.8. The minimum absolute atomic E-state index is 0.0605. The molecule has 1 aromatic heterocycles. The molecule has 51 heavy (non-hydrogen) atoms. The molecule has 2 aliphatic rings. The van der Waals surface area contributed by atoms with Gasteiger partial charge in [0.1, 0.15) is 11.5 Å². The van der Waals surface area contributed by atoms with Gasteiger partial charge in [-0.3, -0.25) is 38.5 Å². The number of hydrogen-bond acceptors (Lipinski definition) is 12. The molecule has 0 aliphatic carbocycles. The average molecular weight is 813 g/mol. The number of hydrogen-bond donors (Lipinski definition) is 5. The number of amides is 1. The fraction of sp³-hybridized carbons (Fsp3) is 0.393. The Bertz CT molecular complexity index is 2050. The summed E-state index contributed by atoms with van der Waals surface area (Å²) < 4.78 is 59.1. The number of thioether (sulfide) groups is 1. The zero-order valence-electron chi connectivity index (χ0n) is 27.3. The Hall–Kier alpha value is -3.56. The Labute approximate surface area is 304 Å². The number of carboxylic acids is 1. The summed E-state index contributed by atoms with van der Waals surface area (Å²) in [6.45, 7) is 4.20. The van der Waals surface area contributed by atoms with Crippen molar-refractivity contribution in [2.45, 2.75) is 50.7 Å². The van der Waals surface area contributed by atoms with Crippen molar-refractivity contribution in [1.82, 2.24) is 19.0 Å². The highest BCUT2D eigenvalue weighted by Gasteiger charge is 2.36. The topological polar surface area (TPSA) is 239 Å². The molecule has 0 spiro atoms. The number of methoxy groups -OCH3 is 1. The van der Waals surface area contributed by atoms with Crippen molar-refractivity contribution in [2.75, 3.05) is 30.4 Å². The number of carbonyl (C=O) groups excluding carboxylic acids is 2. The standard InChI is InChI=1S/C15H15ClFN3O3S2.C10H12N2O3S.C3H8NO5P/c1-23-13(21)8-24-12-7-11(10(17)6-9(12)16)18-14-19-4-2-3-5-20(19)15(22)25-14;1-7(2)12-10(13)8-5-3-4-6-9(8)11-16(12,14)15;5-3(6)1-4-2-10(7,8)9/h6-7H,2-5,8H2,1H3;3-7,11H,1-2H3;4H,1-2H2,(H,5,6)(H2,7,8,9)/b18-14-;;. The fourth-order valence-electron chi connectivity index (χ4n) is 4.43. The van der Waals surface area contributed by atoms with Gasteiger partial charge in [0.15, 0.2) is 0 Å². The molecule has 0 unspecified atom stereocenters. The van der Waals surface area contributed by atoms with Crippen LogP contribution in [0.3, 0.4) is 0 Å². The van der Waals surface area contributed by atoms with Crippen LogP contribution in [0.15, 0.2) is 51.1 Å². The normalized spacial score (nSPS) is 15.0. The second-order valence-corrected chi connectivity index (χ2v) is 16.3. The van der Waals surface area contributed by atoms with E-state index in [1.807, 2.05) is 0 Å². The molecule has 0 fully saturated rings. The van der Waals surface area contributed by atoms with Crippen LogP contribution >= 0.6 is 42.3 Å². The zero-order valence-corrected chi connectivity index (χ0v) is 31.4. The van der Waals surface area contributed by atoms with Gasteiger partial charge in [0.05, 0.1) is 42.0 Å². The molecule has 1 amide bonds. The molecule has 2 aliphatic heterocycles. The number of ether oxygens (including phenoxy) is 1. The van der Waals surface area contributed by atoms with E-state index in [2.05, 4.69) is 19.8 Å². The van der Waals surface area contributed by atoms with Crippen LogP contribution in [0, 0.1) is 5.82 Å². The number of fused-ring (bicyclic) bond motifs is 2. The maximum Gasteiger partial charge on any atom is 0.339 e. The van der Waals surface area contributed by atoms with Crippen LogP contribution in [-0.2, 0) is 42.2 Å². The second-order valence-electron chi connectivity index (χ2n) is 10.8. The number of esters is 1. The summed E-state index contributed by atoms with van der Waals surface area (Å²) in [7, 11) is -6.55. The molecule has 0 saturated heterocycles. The molecular formula is C28H35ClFN6O11PS3. The van der Waals surface area contributed by atoms with Crippen LogP contribution in [0.4, 0.5) is 15.8 Å². The third-order valence-corrected chi connectivity index (χ3v) is 11.1. The lowest BCUT2D eigenvalue weighted by Gasteiger charge is -2.31. The second kappa shape index (κ2) is 18.3. The third-order valence-electron chi connectivity index (χ3n) is 6.60. The van der Waals surface area contributed by atoms with Gasteiger partial charge in [-0.25, -0.2) is 18.4 Å². The van der Waals surface area contributed by atoms with Crippen LogP contribution in [-0.4, -0.2) is 86.6 Å². The minimum Gasteiger partial charge on any atom is -0.480 e. The van der Waals surface area contributed by atoms with Crippen LogP contribution in [0.25, 0.3) is 0 Å². The van der Waals surface area contributed by atoms with Crippen LogP contribution < -0.4 is 19.7 Å². The first-order valence-corrected chi connectivity index (χ1v) is 20.2. The average Bonchev–Trinajstić information content (AvgIpc) is 3.35. The largest absolute Gasteiger partial charge is 0.480 e. The number of nitrogens with one attached hydrogen (secondary N) is 2. The summed E-state index contributed by atoms with van der Waals surface area (Å²) in [4.78, 5) is 66.6. The highest BCUT2D eigenvalue weighted by molar-refractivity contribution is 8.00. The van der Waals surface area contributed by atoms with Crippen LogP contribution in [0.5, 0.6) is 0 Å². The molecule has 3 aromatic rings. The van der Waals surface area contributed by atoms with E-state index in [1.165, 1.54) is 13.2 Å². The van der Waals surface area contributed by atoms with Crippen molar-refractivity contribution in [2.24, 2.45) is 4.99 Å². The van der Waals surface area contributed by atoms with Crippen LogP contribution in [0.2, 0.25) is 5.02 Å². The lowest BCUT2D eigenvalue weighted by Crippen LogP contribution is -2.48. The van der Waals surface area contributed by atoms with Gasteiger partial charge in [-0.2, -0.15) is 8.42 Å². The quantitative estimate of drug-likeness (QED) is 0.119. The SMILES string of the molecule is CC(C)N1C(=O)c2ccccc2NS1(=O)=O.COC(=O)CSc1cc(/N=c2\sc(=O)n3n2CCCC3)c(F)cc1Cl.O=C(O)CNCP(=O)(O)O. The number of carboxylic acid groups (broad SMARTS) is 1. The third kappa shape index (κ3) is 12.0. The monoisotopic (exact) mass is 812 g/mol. The molecule has 5 N–H and O–H groups in total. The molecule has 0 radical (unpaired) electrons. The molecule has 0 saturated carbocycles. The van der Waals surface area contributed by atoms with E-state index in [0.29, 0.717) is 34.0 Å². The van der Waals surface area contributed by atoms with E-state index in [-0.39, 0.29) is 21.3 Å². The molecule has 2 aromatic carbocycles. The van der Waals surface area contributed by atoms with Gasteiger partial charge < -0.3 is 19.6 Å². The van der Waals surface area contributed by atoms with Crippen molar-refractivity contribution < 1.29 is 51.4 Å². The van der Waals surface area contributed by atoms with E-state index in [1.54, 1.807) is 47.5 Å². The first-order chi connectivity index (χ1) is 23.8. The van der Waals surface area contributed by atoms with E-state index < -0.39 is 60.3 Å². The molecule has 280 valence electrons. The number of carbonyl (C=O) groups is 3. The maximum atomic E-state index is 14.3. The molecule has 3 heterocycles. The summed E-state index contributed by atoms with van der Waals surface area (Å²) in [6.07, 6.45) is 1.30. The lowest BCUT2D eigenvalue weighted by molar-refractivity contribution is -0.137.